The molecule has 0 radical (unpaired) electrons. The molecule has 1 aliphatic rings. The Labute approximate surface area is 198 Å². The normalized spacial score (nSPS) is 14.4. The number of anilines is 2. The minimum absolute atomic E-state index is 0.0807. The van der Waals surface area contributed by atoms with E-state index in [-0.39, 0.29) is 35.0 Å². The van der Waals surface area contributed by atoms with E-state index < -0.39 is 15.9 Å². The average Bonchev–Trinajstić information content (AvgIpc) is 2.85. The van der Waals surface area contributed by atoms with Crippen molar-refractivity contribution in [1.29, 1.82) is 0 Å². The summed E-state index contributed by atoms with van der Waals surface area (Å²) in [6.45, 7) is 2.89. The van der Waals surface area contributed by atoms with Crippen molar-refractivity contribution in [3.63, 3.8) is 0 Å². The topological polar surface area (TPSA) is 105 Å². The summed E-state index contributed by atoms with van der Waals surface area (Å²) in [5.74, 6) is -0.889. The standard InChI is InChI=1S/C25H25N3O5S/c1-18-11-12-19(17-23(18)34(31,32)28-13-15-33-16-14-28)24(29)27-22-10-6-5-9-21(22)25(30)26-20-7-3-2-4-8-20/h2-12,17H,13-16H2,1H3,(H,26,30)(H,27,29). The summed E-state index contributed by atoms with van der Waals surface area (Å²) >= 11 is 0. The van der Waals surface area contributed by atoms with Crippen LogP contribution in [0.15, 0.2) is 77.7 Å². The first-order valence-electron chi connectivity index (χ1n) is 10.8. The number of hydrogen-bond donors (Lipinski definition) is 2. The van der Waals surface area contributed by atoms with E-state index in [1.165, 1.54) is 10.4 Å². The van der Waals surface area contributed by atoms with E-state index in [1.54, 1.807) is 55.5 Å². The lowest BCUT2D eigenvalue weighted by molar-refractivity contribution is 0.0730. The Kier molecular flexibility index (Phi) is 7.06. The highest BCUT2D eigenvalue weighted by Gasteiger charge is 2.28. The third-order valence-electron chi connectivity index (χ3n) is 5.49. The molecule has 8 nitrogen and oxygen atoms in total. The van der Waals surface area contributed by atoms with Gasteiger partial charge in [0.1, 0.15) is 0 Å². The molecule has 0 aliphatic carbocycles. The third kappa shape index (κ3) is 5.17. The van der Waals surface area contributed by atoms with Gasteiger partial charge in [0.2, 0.25) is 10.0 Å². The molecule has 3 aromatic rings. The quantitative estimate of drug-likeness (QED) is 0.563. The fourth-order valence-electron chi connectivity index (χ4n) is 3.65. The first-order chi connectivity index (χ1) is 16.4. The molecule has 1 heterocycles. The molecule has 1 saturated heterocycles. The maximum absolute atomic E-state index is 13.1. The summed E-state index contributed by atoms with van der Waals surface area (Å²) in [6, 6.07) is 20.2. The largest absolute Gasteiger partial charge is 0.379 e. The Hall–Kier alpha value is -3.53. The molecule has 0 aromatic heterocycles. The van der Waals surface area contributed by atoms with Crippen LogP contribution in [0.4, 0.5) is 11.4 Å². The van der Waals surface area contributed by atoms with E-state index >= 15 is 0 Å². The lowest BCUT2D eigenvalue weighted by Gasteiger charge is -2.26. The molecule has 0 saturated carbocycles. The summed E-state index contributed by atoms with van der Waals surface area (Å²) in [5, 5.41) is 5.54. The minimum Gasteiger partial charge on any atom is -0.379 e. The Morgan fingerprint density at radius 3 is 2.26 bits per heavy atom. The fraction of sp³-hybridized carbons (Fsp3) is 0.200. The fourth-order valence-corrected chi connectivity index (χ4v) is 5.31. The predicted molar refractivity (Wildman–Crippen MR) is 130 cm³/mol. The molecule has 4 rings (SSSR count). The Morgan fingerprint density at radius 1 is 0.853 bits per heavy atom. The van der Waals surface area contributed by atoms with Gasteiger partial charge in [0.05, 0.1) is 29.4 Å². The first kappa shape index (κ1) is 23.6. The highest BCUT2D eigenvalue weighted by atomic mass is 32.2. The number of benzene rings is 3. The van der Waals surface area contributed by atoms with Gasteiger partial charge in [-0.1, -0.05) is 36.4 Å². The van der Waals surface area contributed by atoms with E-state index in [1.807, 2.05) is 18.2 Å². The van der Waals surface area contributed by atoms with Crippen molar-refractivity contribution in [2.45, 2.75) is 11.8 Å². The van der Waals surface area contributed by atoms with E-state index in [9.17, 15) is 18.0 Å². The van der Waals surface area contributed by atoms with Crippen LogP contribution in [0.25, 0.3) is 0 Å². The minimum atomic E-state index is -3.77. The maximum Gasteiger partial charge on any atom is 0.257 e. The van der Waals surface area contributed by atoms with E-state index in [4.69, 9.17) is 4.74 Å². The lowest BCUT2D eigenvalue weighted by Crippen LogP contribution is -2.40. The molecule has 0 unspecified atom stereocenters. The number of carbonyl (C=O) groups is 2. The van der Waals surface area contributed by atoms with Crippen LogP contribution in [0.5, 0.6) is 0 Å². The Morgan fingerprint density at radius 2 is 1.53 bits per heavy atom. The van der Waals surface area contributed by atoms with Crippen LogP contribution in [-0.2, 0) is 14.8 Å². The molecular formula is C25H25N3O5S. The Balaban J connectivity index is 1.57. The van der Waals surface area contributed by atoms with Crippen molar-refractivity contribution in [1.82, 2.24) is 4.31 Å². The van der Waals surface area contributed by atoms with Crippen LogP contribution in [0.3, 0.4) is 0 Å². The number of aryl methyl sites for hydroxylation is 1. The van der Waals surface area contributed by atoms with Gasteiger partial charge in [0.15, 0.2) is 0 Å². The van der Waals surface area contributed by atoms with Crippen molar-refractivity contribution in [2.75, 3.05) is 36.9 Å². The summed E-state index contributed by atoms with van der Waals surface area (Å²) < 4.78 is 32.9. The van der Waals surface area contributed by atoms with Gasteiger partial charge >= 0.3 is 0 Å². The zero-order valence-electron chi connectivity index (χ0n) is 18.7. The molecule has 1 fully saturated rings. The second-order valence-corrected chi connectivity index (χ2v) is 9.72. The molecule has 9 heteroatoms. The van der Waals surface area contributed by atoms with Crippen LogP contribution in [-0.4, -0.2) is 50.8 Å². The van der Waals surface area contributed by atoms with E-state index in [0.29, 0.717) is 30.2 Å². The van der Waals surface area contributed by atoms with Crippen molar-refractivity contribution in [3.05, 3.63) is 89.5 Å². The van der Waals surface area contributed by atoms with Crippen molar-refractivity contribution >= 4 is 33.2 Å². The molecule has 2 N–H and O–H groups in total. The summed E-state index contributed by atoms with van der Waals surface area (Å²) in [6.07, 6.45) is 0. The van der Waals surface area contributed by atoms with Crippen LogP contribution >= 0.6 is 0 Å². The van der Waals surface area contributed by atoms with Gasteiger partial charge in [-0.05, 0) is 48.9 Å². The molecule has 1 aliphatic heterocycles. The first-order valence-corrected chi connectivity index (χ1v) is 12.3. The second-order valence-electron chi connectivity index (χ2n) is 7.82. The van der Waals surface area contributed by atoms with Crippen molar-refractivity contribution < 1.29 is 22.7 Å². The SMILES string of the molecule is Cc1ccc(C(=O)Nc2ccccc2C(=O)Nc2ccccc2)cc1S(=O)(=O)N1CCOCC1. The highest BCUT2D eigenvalue weighted by molar-refractivity contribution is 7.89. The molecule has 0 bridgehead atoms. The zero-order chi connectivity index (χ0) is 24.1. The number of nitrogens with one attached hydrogen (secondary N) is 2. The highest BCUT2D eigenvalue weighted by Crippen LogP contribution is 2.24. The third-order valence-corrected chi connectivity index (χ3v) is 7.53. The van der Waals surface area contributed by atoms with Gasteiger partial charge in [-0.3, -0.25) is 9.59 Å². The van der Waals surface area contributed by atoms with Crippen LogP contribution < -0.4 is 10.6 Å². The molecule has 176 valence electrons. The predicted octanol–water partition coefficient (Wildman–Crippen LogP) is 3.52. The lowest BCUT2D eigenvalue weighted by atomic mass is 10.1. The Bertz CT molecular complexity index is 1300. The summed E-state index contributed by atoms with van der Waals surface area (Å²) in [4.78, 5) is 25.9. The molecule has 2 amide bonds. The van der Waals surface area contributed by atoms with Crippen LogP contribution in [0.2, 0.25) is 0 Å². The molecule has 34 heavy (non-hydrogen) atoms. The van der Waals surface area contributed by atoms with Gasteiger partial charge < -0.3 is 15.4 Å². The number of nitrogens with zero attached hydrogens (tertiary/aromatic N) is 1. The van der Waals surface area contributed by atoms with Crippen molar-refractivity contribution in [2.24, 2.45) is 0 Å². The average molecular weight is 480 g/mol. The maximum atomic E-state index is 13.1. The molecule has 0 spiro atoms. The molecule has 3 aromatic carbocycles. The van der Waals surface area contributed by atoms with Crippen molar-refractivity contribution in [3.8, 4) is 0 Å². The van der Waals surface area contributed by atoms with Gasteiger partial charge in [0.25, 0.3) is 11.8 Å². The number of sulfonamides is 1. The summed E-state index contributed by atoms with van der Waals surface area (Å²) in [7, 11) is -3.77. The van der Waals surface area contributed by atoms with E-state index in [0.717, 1.165) is 0 Å². The number of hydrogen-bond acceptors (Lipinski definition) is 5. The second kappa shape index (κ2) is 10.2. The van der Waals surface area contributed by atoms with E-state index in [2.05, 4.69) is 10.6 Å². The van der Waals surface area contributed by atoms with Gasteiger partial charge in [-0.2, -0.15) is 4.31 Å². The number of para-hydroxylation sites is 2. The number of ether oxygens (including phenoxy) is 1. The smallest absolute Gasteiger partial charge is 0.257 e. The number of morpholine rings is 1. The van der Waals surface area contributed by atoms with Crippen LogP contribution in [0, 0.1) is 6.92 Å². The molecule has 0 atom stereocenters. The molecular weight excluding hydrogens is 454 g/mol. The zero-order valence-corrected chi connectivity index (χ0v) is 19.5. The number of rotatable bonds is 6. The summed E-state index contributed by atoms with van der Waals surface area (Å²) in [5.41, 5.74) is 1.96. The number of carbonyl (C=O) groups excluding carboxylic acids is 2. The van der Waals surface area contributed by atoms with Crippen LogP contribution in [0.1, 0.15) is 26.3 Å². The van der Waals surface area contributed by atoms with Gasteiger partial charge in [-0.25, -0.2) is 8.42 Å². The van der Waals surface area contributed by atoms with Gasteiger partial charge in [0, 0.05) is 24.3 Å². The number of amides is 2. The monoisotopic (exact) mass is 479 g/mol. The van der Waals surface area contributed by atoms with Gasteiger partial charge in [-0.15, -0.1) is 0 Å².